The normalized spacial score (nSPS) is 42.1. The molecule has 4 N–H and O–H groups in total. The van der Waals surface area contributed by atoms with Gasteiger partial charge in [-0.15, -0.1) is 0 Å². The van der Waals surface area contributed by atoms with Crippen LogP contribution in [0.4, 0.5) is 0 Å². The molecule has 39 heavy (non-hydrogen) atoms. The summed E-state index contributed by atoms with van der Waals surface area (Å²) in [5.41, 5.74) is 0.848. The molecule has 1 aromatic carbocycles. The second kappa shape index (κ2) is 11.3. The quantitative estimate of drug-likeness (QED) is 0.368. The third-order valence-electron chi connectivity index (χ3n) is 12.1. The summed E-state index contributed by atoms with van der Waals surface area (Å²) in [7, 11) is 0. The number of hydrogen-bond donors (Lipinski definition) is 4. The fourth-order valence-electron chi connectivity index (χ4n) is 9.92. The largest absolute Gasteiger partial charge is 0.494 e. The lowest BCUT2D eigenvalue weighted by atomic mass is 9.43. The predicted octanol–water partition coefficient (Wildman–Crippen LogP) is 5.08. The number of benzene rings is 1. The average molecular weight is 542 g/mol. The third kappa shape index (κ3) is 5.15. The van der Waals surface area contributed by atoms with Crippen LogP contribution >= 0.6 is 0 Å². The molecule has 0 aromatic heterocycles. The van der Waals surface area contributed by atoms with Crippen molar-refractivity contribution < 1.29 is 24.9 Å². The molecule has 218 valence electrons. The van der Waals surface area contributed by atoms with Crippen molar-refractivity contribution in [2.24, 2.45) is 46.3 Å². The lowest BCUT2D eigenvalue weighted by molar-refractivity contribution is -0.207. The molecule has 6 heteroatoms. The van der Waals surface area contributed by atoms with E-state index in [0.29, 0.717) is 49.2 Å². The number of carbonyl (C=O) groups is 1. The van der Waals surface area contributed by atoms with Gasteiger partial charge in [-0.2, -0.15) is 0 Å². The molecule has 4 aliphatic rings. The Balaban J connectivity index is 1.22. The Bertz CT molecular complexity index is 1020. The molecule has 1 aromatic rings. The van der Waals surface area contributed by atoms with Crippen molar-refractivity contribution in [1.82, 2.24) is 5.32 Å². The lowest BCUT2D eigenvalue weighted by Gasteiger charge is -2.63. The Labute approximate surface area is 234 Å². The number of ether oxygens (including phenoxy) is 1. The van der Waals surface area contributed by atoms with Crippen LogP contribution in [-0.4, -0.2) is 46.1 Å². The summed E-state index contributed by atoms with van der Waals surface area (Å²) < 4.78 is 5.69. The predicted molar refractivity (Wildman–Crippen MR) is 152 cm³/mol. The van der Waals surface area contributed by atoms with E-state index in [4.69, 9.17) is 4.74 Å². The molecule has 0 saturated heterocycles. The summed E-state index contributed by atoms with van der Waals surface area (Å²) in [6, 6.07) is 7.83. The summed E-state index contributed by atoms with van der Waals surface area (Å²) in [4.78, 5) is 12.8. The molecule has 5 rings (SSSR count). The van der Waals surface area contributed by atoms with Crippen LogP contribution in [0.2, 0.25) is 0 Å². The highest BCUT2D eigenvalue weighted by Gasteiger charge is 2.65. The number of aliphatic hydroxyl groups excluding tert-OH is 3. The van der Waals surface area contributed by atoms with Crippen molar-refractivity contribution in [2.75, 3.05) is 6.61 Å². The van der Waals surface area contributed by atoms with Crippen molar-refractivity contribution in [2.45, 2.75) is 110 Å². The molecular weight excluding hydrogens is 490 g/mol. The SMILES string of the molecule is CCOc1ccccc1CNC(=O)CC[C@@H](C)[C@H]1CCC2C3C(C[C@H](O)[C@@]21C)[C@@]1(C)CC[C@@H](O)CC1C[C@H]3O. The van der Waals surface area contributed by atoms with Gasteiger partial charge in [-0.25, -0.2) is 0 Å². The average Bonchev–Trinajstić information content (AvgIpc) is 3.27. The van der Waals surface area contributed by atoms with Gasteiger partial charge >= 0.3 is 0 Å². The first-order valence-corrected chi connectivity index (χ1v) is 15.6. The maximum Gasteiger partial charge on any atom is 0.220 e. The second-order valence-electron chi connectivity index (χ2n) is 13.9. The van der Waals surface area contributed by atoms with Gasteiger partial charge in [-0.05, 0) is 111 Å². The fourth-order valence-corrected chi connectivity index (χ4v) is 9.92. The highest BCUT2D eigenvalue weighted by Crippen LogP contribution is 2.68. The van der Waals surface area contributed by atoms with Crippen LogP contribution in [0.25, 0.3) is 0 Å². The van der Waals surface area contributed by atoms with Gasteiger partial charge in [0.05, 0.1) is 24.9 Å². The molecule has 0 spiro atoms. The molecule has 1 amide bonds. The Hall–Kier alpha value is -1.63. The molecule has 0 radical (unpaired) electrons. The maximum absolute atomic E-state index is 12.8. The number of amides is 1. The van der Waals surface area contributed by atoms with Crippen LogP contribution in [0.5, 0.6) is 5.75 Å². The summed E-state index contributed by atoms with van der Waals surface area (Å²) >= 11 is 0. The number of rotatable bonds is 8. The van der Waals surface area contributed by atoms with Gasteiger partial charge in [-0.3, -0.25) is 4.79 Å². The minimum Gasteiger partial charge on any atom is -0.494 e. The van der Waals surface area contributed by atoms with E-state index >= 15 is 0 Å². The first-order chi connectivity index (χ1) is 18.6. The summed E-state index contributed by atoms with van der Waals surface area (Å²) in [6.07, 6.45) is 6.53. The molecule has 0 heterocycles. The highest BCUT2D eigenvalue weighted by molar-refractivity contribution is 5.75. The van der Waals surface area contributed by atoms with Crippen LogP contribution < -0.4 is 10.1 Å². The molecular formula is C33H51NO5. The number of carbonyl (C=O) groups excluding carboxylic acids is 1. The zero-order valence-corrected chi connectivity index (χ0v) is 24.4. The number of para-hydroxylation sites is 1. The van der Waals surface area contributed by atoms with Crippen LogP contribution in [0, 0.1) is 46.3 Å². The van der Waals surface area contributed by atoms with Gasteiger partial charge in [0.1, 0.15) is 5.75 Å². The first kappa shape index (κ1) is 28.9. The van der Waals surface area contributed by atoms with Crippen molar-refractivity contribution in [3.8, 4) is 5.75 Å². The van der Waals surface area contributed by atoms with Gasteiger partial charge < -0.3 is 25.4 Å². The summed E-state index contributed by atoms with van der Waals surface area (Å²) in [5.74, 6) is 2.71. The van der Waals surface area contributed by atoms with Gasteiger partial charge in [0.25, 0.3) is 0 Å². The van der Waals surface area contributed by atoms with E-state index in [0.717, 1.165) is 62.7 Å². The van der Waals surface area contributed by atoms with Crippen LogP contribution in [-0.2, 0) is 11.3 Å². The molecule has 0 aliphatic heterocycles. The zero-order valence-electron chi connectivity index (χ0n) is 24.4. The van der Waals surface area contributed by atoms with Crippen molar-refractivity contribution in [3.05, 3.63) is 29.8 Å². The monoisotopic (exact) mass is 541 g/mol. The van der Waals surface area contributed by atoms with E-state index in [-0.39, 0.29) is 34.9 Å². The van der Waals surface area contributed by atoms with Crippen LogP contribution in [0.15, 0.2) is 24.3 Å². The Kier molecular flexibility index (Phi) is 8.39. The smallest absolute Gasteiger partial charge is 0.220 e. The fraction of sp³-hybridized carbons (Fsp3) is 0.788. The number of aliphatic hydroxyl groups is 3. The molecule has 11 atom stereocenters. The Morgan fingerprint density at radius 2 is 1.85 bits per heavy atom. The topological polar surface area (TPSA) is 99.0 Å². The van der Waals surface area contributed by atoms with Crippen molar-refractivity contribution >= 4 is 5.91 Å². The van der Waals surface area contributed by atoms with E-state index in [2.05, 4.69) is 26.1 Å². The minimum absolute atomic E-state index is 0.0539. The van der Waals surface area contributed by atoms with Gasteiger partial charge in [0.2, 0.25) is 5.91 Å². The zero-order chi connectivity index (χ0) is 27.9. The van der Waals surface area contributed by atoms with E-state index in [1.54, 1.807) is 0 Å². The standard InChI is InChI=1S/C33H51NO5/c1-5-39-28-9-7-6-8-21(28)19-34-30(38)13-10-20(2)24-11-12-25-31-26(18-29(37)33(24,25)4)32(3)15-14-23(35)16-22(32)17-27(31)36/h6-9,20,22-27,29,31,35-37H,5,10-19H2,1-4H3,(H,34,38)/t20-,22?,23-,24-,25?,26?,27-,29+,31?,32+,33-/m1/s1. The van der Waals surface area contributed by atoms with Gasteiger partial charge in [-0.1, -0.05) is 39.0 Å². The number of fused-ring (bicyclic) bond motifs is 5. The summed E-state index contributed by atoms with van der Waals surface area (Å²) in [6.45, 7) is 9.93. The molecule has 6 nitrogen and oxygen atoms in total. The van der Waals surface area contributed by atoms with Crippen molar-refractivity contribution in [3.63, 3.8) is 0 Å². The maximum atomic E-state index is 12.8. The van der Waals surface area contributed by atoms with E-state index in [1.807, 2.05) is 31.2 Å². The first-order valence-electron chi connectivity index (χ1n) is 15.6. The molecule has 4 fully saturated rings. The summed E-state index contributed by atoms with van der Waals surface area (Å²) in [5, 5.41) is 36.7. The minimum atomic E-state index is -0.391. The van der Waals surface area contributed by atoms with Gasteiger partial charge in [0.15, 0.2) is 0 Å². The highest BCUT2D eigenvalue weighted by atomic mass is 16.5. The van der Waals surface area contributed by atoms with E-state index < -0.39 is 6.10 Å². The molecule has 0 bridgehead atoms. The van der Waals surface area contributed by atoms with Crippen LogP contribution in [0.1, 0.15) is 91.0 Å². The van der Waals surface area contributed by atoms with E-state index in [9.17, 15) is 20.1 Å². The lowest BCUT2D eigenvalue weighted by Crippen LogP contribution is -2.62. The third-order valence-corrected chi connectivity index (χ3v) is 12.1. The number of nitrogens with one attached hydrogen (secondary N) is 1. The Morgan fingerprint density at radius 1 is 1.08 bits per heavy atom. The molecule has 4 saturated carbocycles. The molecule has 4 unspecified atom stereocenters. The van der Waals surface area contributed by atoms with Crippen molar-refractivity contribution in [1.29, 1.82) is 0 Å². The van der Waals surface area contributed by atoms with Crippen LogP contribution in [0.3, 0.4) is 0 Å². The van der Waals surface area contributed by atoms with E-state index in [1.165, 1.54) is 0 Å². The second-order valence-corrected chi connectivity index (χ2v) is 13.9. The Morgan fingerprint density at radius 3 is 2.62 bits per heavy atom. The molecule has 4 aliphatic carbocycles. The number of hydrogen-bond acceptors (Lipinski definition) is 5. The van der Waals surface area contributed by atoms with Gasteiger partial charge in [0, 0.05) is 18.5 Å².